The molecule has 2 saturated carbocycles. The predicted octanol–water partition coefficient (Wildman–Crippen LogP) is 2.94. The molecule has 0 unspecified atom stereocenters. The molecule has 0 atom stereocenters. The van der Waals surface area contributed by atoms with Crippen molar-refractivity contribution in [1.29, 1.82) is 0 Å². The molecule has 2 aromatic rings. The van der Waals surface area contributed by atoms with E-state index in [1.165, 1.54) is 37.4 Å². The molecule has 1 N–H and O–H groups in total. The first kappa shape index (κ1) is 15.2. The molecule has 1 amide bonds. The minimum absolute atomic E-state index is 0.125. The number of hydrogen-bond donors (Lipinski definition) is 1. The molecule has 2 aliphatic carbocycles. The normalized spacial score (nSPS) is 17.7. The Morgan fingerprint density at radius 1 is 1.39 bits per heavy atom. The highest BCUT2D eigenvalue weighted by molar-refractivity contribution is 7.99. The molecule has 0 aliphatic heterocycles. The monoisotopic (exact) mass is 348 g/mol. The summed E-state index contributed by atoms with van der Waals surface area (Å²) >= 11 is 3.11. The zero-order valence-corrected chi connectivity index (χ0v) is 14.7. The number of hydrogen-bond acceptors (Lipinski definition) is 5. The van der Waals surface area contributed by atoms with Crippen molar-refractivity contribution in [3.63, 3.8) is 0 Å². The fraction of sp³-hybridized carbons (Fsp3) is 0.562. The molecular formula is C16H20N4OS2. The van der Waals surface area contributed by atoms with Crippen LogP contribution in [0.1, 0.15) is 25.7 Å². The van der Waals surface area contributed by atoms with Crippen LogP contribution in [0.2, 0.25) is 0 Å². The molecule has 0 bridgehead atoms. The van der Waals surface area contributed by atoms with Crippen molar-refractivity contribution in [2.75, 3.05) is 5.75 Å². The summed E-state index contributed by atoms with van der Waals surface area (Å²) in [6.45, 7) is 0. The number of carbonyl (C=O) groups excluding carboxylic acids is 1. The molecule has 0 spiro atoms. The van der Waals surface area contributed by atoms with Crippen molar-refractivity contribution < 1.29 is 4.79 Å². The molecule has 4 rings (SSSR count). The van der Waals surface area contributed by atoms with Crippen LogP contribution < -0.4 is 5.32 Å². The second kappa shape index (κ2) is 6.28. The first-order valence-corrected chi connectivity index (χ1v) is 9.94. The lowest BCUT2D eigenvalue weighted by molar-refractivity contribution is -0.119. The standard InChI is InChI=1S/C16H20N4OS2/c1-20-15(12-3-2-8-22-12)18-19-16(20)23-9-13(21)17-14(10-4-5-10)11-6-7-11/h2-3,8,10-11,14H,4-7,9H2,1H3,(H,17,21). The van der Waals surface area contributed by atoms with Gasteiger partial charge in [0.05, 0.1) is 10.6 Å². The number of thioether (sulfide) groups is 1. The smallest absolute Gasteiger partial charge is 0.230 e. The van der Waals surface area contributed by atoms with E-state index in [2.05, 4.69) is 15.5 Å². The number of nitrogens with zero attached hydrogens (tertiary/aromatic N) is 3. The third kappa shape index (κ3) is 3.45. The van der Waals surface area contributed by atoms with Crippen LogP contribution in [0.15, 0.2) is 22.7 Å². The van der Waals surface area contributed by atoms with E-state index in [1.807, 2.05) is 29.1 Å². The van der Waals surface area contributed by atoms with Crippen LogP contribution in [0.5, 0.6) is 0 Å². The van der Waals surface area contributed by atoms with Gasteiger partial charge in [-0.05, 0) is 49.0 Å². The SMILES string of the molecule is Cn1c(SCC(=O)NC(C2CC2)C2CC2)nnc1-c1cccs1. The molecule has 122 valence electrons. The Balaban J connectivity index is 1.34. The zero-order valence-electron chi connectivity index (χ0n) is 13.1. The second-order valence-electron chi connectivity index (χ2n) is 6.40. The van der Waals surface area contributed by atoms with Gasteiger partial charge in [0, 0.05) is 13.1 Å². The third-order valence-corrected chi connectivity index (χ3v) is 6.38. The van der Waals surface area contributed by atoms with Crippen molar-refractivity contribution in [2.45, 2.75) is 36.9 Å². The molecular weight excluding hydrogens is 328 g/mol. The molecule has 2 aromatic heterocycles. The summed E-state index contributed by atoms with van der Waals surface area (Å²) in [5.74, 6) is 2.86. The molecule has 2 aliphatic rings. The minimum Gasteiger partial charge on any atom is -0.352 e. The topological polar surface area (TPSA) is 59.8 Å². The van der Waals surface area contributed by atoms with E-state index in [1.54, 1.807) is 11.3 Å². The molecule has 23 heavy (non-hydrogen) atoms. The highest BCUT2D eigenvalue weighted by Crippen LogP contribution is 2.44. The number of nitrogens with one attached hydrogen (secondary N) is 1. The Bertz CT molecular complexity index is 677. The van der Waals surface area contributed by atoms with E-state index >= 15 is 0 Å². The van der Waals surface area contributed by atoms with Gasteiger partial charge in [-0.2, -0.15) is 0 Å². The number of amides is 1. The van der Waals surface area contributed by atoms with Crippen LogP contribution in [0.3, 0.4) is 0 Å². The summed E-state index contributed by atoms with van der Waals surface area (Å²) in [5, 5.41) is 14.5. The van der Waals surface area contributed by atoms with E-state index in [0.29, 0.717) is 11.8 Å². The van der Waals surface area contributed by atoms with Crippen LogP contribution in [-0.2, 0) is 11.8 Å². The summed E-state index contributed by atoms with van der Waals surface area (Å²) in [6.07, 6.45) is 5.12. The van der Waals surface area contributed by atoms with Crippen molar-refractivity contribution in [3.8, 4) is 10.7 Å². The van der Waals surface area contributed by atoms with Crippen molar-refractivity contribution in [1.82, 2.24) is 20.1 Å². The van der Waals surface area contributed by atoms with Gasteiger partial charge in [-0.3, -0.25) is 4.79 Å². The summed E-state index contributed by atoms with van der Waals surface area (Å²) in [6, 6.07) is 4.46. The number of carbonyl (C=O) groups is 1. The predicted molar refractivity (Wildman–Crippen MR) is 92.4 cm³/mol. The Labute approximate surface area is 143 Å². The van der Waals surface area contributed by atoms with Gasteiger partial charge in [0.25, 0.3) is 0 Å². The molecule has 0 radical (unpaired) electrons. The quantitative estimate of drug-likeness (QED) is 0.782. The zero-order chi connectivity index (χ0) is 15.8. The van der Waals surface area contributed by atoms with Crippen molar-refractivity contribution in [2.24, 2.45) is 18.9 Å². The van der Waals surface area contributed by atoms with Gasteiger partial charge in [-0.1, -0.05) is 17.8 Å². The van der Waals surface area contributed by atoms with Gasteiger partial charge in [0.1, 0.15) is 0 Å². The highest BCUT2D eigenvalue weighted by Gasteiger charge is 2.42. The molecule has 5 nitrogen and oxygen atoms in total. The highest BCUT2D eigenvalue weighted by atomic mass is 32.2. The lowest BCUT2D eigenvalue weighted by atomic mass is 10.1. The largest absolute Gasteiger partial charge is 0.352 e. The van der Waals surface area contributed by atoms with Gasteiger partial charge < -0.3 is 9.88 Å². The summed E-state index contributed by atoms with van der Waals surface area (Å²) < 4.78 is 1.96. The van der Waals surface area contributed by atoms with E-state index in [-0.39, 0.29) is 5.91 Å². The van der Waals surface area contributed by atoms with E-state index < -0.39 is 0 Å². The maximum atomic E-state index is 12.3. The number of thiophene rings is 1. The average Bonchev–Trinajstić information content (AvgIpc) is 3.46. The van der Waals surface area contributed by atoms with Gasteiger partial charge >= 0.3 is 0 Å². The fourth-order valence-electron chi connectivity index (χ4n) is 2.95. The minimum atomic E-state index is 0.125. The number of rotatable bonds is 7. The Morgan fingerprint density at radius 3 is 2.74 bits per heavy atom. The summed E-state index contributed by atoms with van der Waals surface area (Å²) in [4.78, 5) is 13.3. The first-order valence-electron chi connectivity index (χ1n) is 8.08. The van der Waals surface area contributed by atoms with Crippen LogP contribution in [0, 0.1) is 11.8 Å². The molecule has 2 fully saturated rings. The maximum absolute atomic E-state index is 12.3. The summed E-state index contributed by atoms with van der Waals surface area (Å²) in [5.41, 5.74) is 0. The molecule has 0 saturated heterocycles. The van der Waals surface area contributed by atoms with E-state index in [0.717, 1.165) is 27.7 Å². The van der Waals surface area contributed by atoms with Gasteiger partial charge in [-0.25, -0.2) is 0 Å². The van der Waals surface area contributed by atoms with Gasteiger partial charge in [0.15, 0.2) is 11.0 Å². The second-order valence-corrected chi connectivity index (χ2v) is 8.29. The van der Waals surface area contributed by atoms with E-state index in [9.17, 15) is 4.79 Å². The maximum Gasteiger partial charge on any atom is 0.230 e. The van der Waals surface area contributed by atoms with Crippen LogP contribution >= 0.6 is 23.1 Å². The Kier molecular flexibility index (Phi) is 4.15. The lowest BCUT2D eigenvalue weighted by Crippen LogP contribution is -2.39. The summed E-state index contributed by atoms with van der Waals surface area (Å²) in [7, 11) is 1.95. The third-order valence-electron chi connectivity index (χ3n) is 4.50. The fourth-order valence-corrected chi connectivity index (χ4v) is 4.42. The van der Waals surface area contributed by atoms with Crippen molar-refractivity contribution >= 4 is 29.0 Å². The number of aromatic nitrogens is 3. The lowest BCUT2D eigenvalue weighted by Gasteiger charge is -2.17. The van der Waals surface area contributed by atoms with Crippen LogP contribution in [0.25, 0.3) is 10.7 Å². The molecule has 0 aromatic carbocycles. The van der Waals surface area contributed by atoms with Crippen LogP contribution in [0.4, 0.5) is 0 Å². The average molecular weight is 348 g/mol. The van der Waals surface area contributed by atoms with Gasteiger partial charge in [-0.15, -0.1) is 21.5 Å². The molecule has 2 heterocycles. The van der Waals surface area contributed by atoms with Crippen LogP contribution in [-0.4, -0.2) is 32.5 Å². The van der Waals surface area contributed by atoms with E-state index in [4.69, 9.17) is 0 Å². The first-order chi connectivity index (χ1) is 11.2. The van der Waals surface area contributed by atoms with Crippen molar-refractivity contribution in [3.05, 3.63) is 17.5 Å². The van der Waals surface area contributed by atoms with Gasteiger partial charge in [0.2, 0.25) is 5.91 Å². The Hall–Kier alpha value is -1.34. The Morgan fingerprint density at radius 2 is 2.13 bits per heavy atom. The molecule has 7 heteroatoms.